The fourth-order valence-electron chi connectivity index (χ4n) is 1.57. The highest BCUT2D eigenvalue weighted by molar-refractivity contribution is 5.71. The number of hydrogen-bond acceptors (Lipinski definition) is 6. The number of aromatic nitrogens is 2. The zero-order valence-corrected chi connectivity index (χ0v) is 11.1. The van der Waals surface area contributed by atoms with Crippen LogP contribution in [0.3, 0.4) is 0 Å². The summed E-state index contributed by atoms with van der Waals surface area (Å²) in [6.07, 6.45) is 0. The summed E-state index contributed by atoms with van der Waals surface area (Å²) in [6, 6.07) is 7.29. The molecule has 1 aromatic heterocycles. The van der Waals surface area contributed by atoms with Crippen molar-refractivity contribution < 1.29 is 9.47 Å². The van der Waals surface area contributed by atoms with Gasteiger partial charge in [0.2, 0.25) is 17.7 Å². The molecule has 0 radical (unpaired) electrons. The number of rotatable bonds is 4. The molecule has 0 aliphatic carbocycles. The van der Waals surface area contributed by atoms with E-state index in [9.17, 15) is 0 Å². The van der Waals surface area contributed by atoms with Crippen molar-refractivity contribution in [3.63, 3.8) is 0 Å². The molecule has 0 amide bonds. The van der Waals surface area contributed by atoms with Crippen LogP contribution in [-0.4, -0.2) is 24.2 Å². The zero-order valence-electron chi connectivity index (χ0n) is 11.1. The van der Waals surface area contributed by atoms with E-state index in [1.165, 1.54) is 14.2 Å². The van der Waals surface area contributed by atoms with Gasteiger partial charge in [0.25, 0.3) is 0 Å². The highest BCUT2D eigenvalue weighted by Gasteiger charge is 2.07. The van der Waals surface area contributed by atoms with E-state index in [4.69, 9.17) is 15.2 Å². The summed E-state index contributed by atoms with van der Waals surface area (Å²) in [5, 5.41) is 3.06. The molecule has 3 N–H and O–H groups in total. The SMILES string of the molecule is COc1cc(OC)nc(Nc2cc(C)ccc2N)n1. The number of benzene rings is 1. The Labute approximate surface area is 111 Å². The van der Waals surface area contributed by atoms with E-state index in [1.54, 1.807) is 6.07 Å². The molecule has 0 saturated carbocycles. The topological polar surface area (TPSA) is 82.3 Å². The summed E-state index contributed by atoms with van der Waals surface area (Å²) in [5.74, 6) is 1.20. The Kier molecular flexibility index (Phi) is 3.70. The van der Waals surface area contributed by atoms with Crippen LogP contribution in [0.1, 0.15) is 5.56 Å². The Morgan fingerprint density at radius 3 is 2.26 bits per heavy atom. The van der Waals surface area contributed by atoms with Crippen LogP contribution < -0.4 is 20.5 Å². The van der Waals surface area contributed by atoms with E-state index in [0.29, 0.717) is 23.4 Å². The molecule has 19 heavy (non-hydrogen) atoms. The Bertz CT molecular complexity index is 565. The molecule has 6 nitrogen and oxygen atoms in total. The van der Waals surface area contributed by atoms with Gasteiger partial charge < -0.3 is 20.5 Å². The minimum absolute atomic E-state index is 0.369. The summed E-state index contributed by atoms with van der Waals surface area (Å²) in [4.78, 5) is 8.37. The van der Waals surface area contributed by atoms with Gasteiger partial charge in [-0.3, -0.25) is 0 Å². The molecule has 0 atom stereocenters. The van der Waals surface area contributed by atoms with E-state index in [1.807, 2.05) is 25.1 Å². The van der Waals surface area contributed by atoms with Crippen LogP contribution >= 0.6 is 0 Å². The Balaban J connectivity index is 2.34. The molecule has 2 rings (SSSR count). The smallest absolute Gasteiger partial charge is 0.233 e. The van der Waals surface area contributed by atoms with Crippen LogP contribution in [0.25, 0.3) is 0 Å². The molecule has 1 heterocycles. The third-order valence-corrected chi connectivity index (χ3v) is 2.55. The van der Waals surface area contributed by atoms with Gasteiger partial charge in [0.05, 0.1) is 31.7 Å². The predicted octanol–water partition coefficient (Wildman–Crippen LogP) is 2.13. The standard InChI is InChI=1S/C13H16N4O2/c1-8-4-5-9(14)10(6-8)15-13-16-11(18-2)7-12(17-13)19-3/h4-7H,14H2,1-3H3,(H,15,16,17). The monoisotopic (exact) mass is 260 g/mol. The number of nitrogens with zero attached hydrogens (tertiary/aromatic N) is 2. The van der Waals surface area contributed by atoms with E-state index >= 15 is 0 Å². The maximum Gasteiger partial charge on any atom is 0.233 e. The summed E-state index contributed by atoms with van der Waals surface area (Å²) in [5.41, 5.74) is 8.35. The van der Waals surface area contributed by atoms with Crippen molar-refractivity contribution in [3.05, 3.63) is 29.8 Å². The molecule has 0 fully saturated rings. The van der Waals surface area contributed by atoms with E-state index in [0.717, 1.165) is 11.3 Å². The van der Waals surface area contributed by atoms with E-state index < -0.39 is 0 Å². The molecular weight excluding hydrogens is 244 g/mol. The molecule has 0 bridgehead atoms. The maximum absolute atomic E-state index is 5.90. The summed E-state index contributed by atoms with van der Waals surface area (Å²) < 4.78 is 10.2. The second-order valence-corrected chi connectivity index (χ2v) is 3.99. The number of methoxy groups -OCH3 is 2. The number of aryl methyl sites for hydroxylation is 1. The normalized spacial score (nSPS) is 10.1. The molecule has 0 aliphatic heterocycles. The van der Waals surface area contributed by atoms with Gasteiger partial charge in [0.1, 0.15) is 0 Å². The number of nitrogens with two attached hydrogens (primary N) is 1. The maximum atomic E-state index is 5.90. The Hall–Kier alpha value is -2.50. The first kappa shape index (κ1) is 12.9. The lowest BCUT2D eigenvalue weighted by Gasteiger charge is -2.10. The lowest BCUT2D eigenvalue weighted by atomic mass is 10.2. The number of anilines is 3. The number of ether oxygens (including phenoxy) is 2. The first-order valence-corrected chi connectivity index (χ1v) is 5.72. The quantitative estimate of drug-likeness (QED) is 0.819. The highest BCUT2D eigenvalue weighted by atomic mass is 16.5. The number of nitrogen functional groups attached to an aromatic ring is 1. The van der Waals surface area contributed by atoms with Crippen molar-refractivity contribution in [1.82, 2.24) is 9.97 Å². The van der Waals surface area contributed by atoms with Crippen molar-refractivity contribution in [3.8, 4) is 11.8 Å². The summed E-state index contributed by atoms with van der Waals surface area (Å²) >= 11 is 0. The molecule has 6 heteroatoms. The highest BCUT2D eigenvalue weighted by Crippen LogP contribution is 2.25. The van der Waals surface area contributed by atoms with Crippen molar-refractivity contribution in [2.45, 2.75) is 6.92 Å². The van der Waals surface area contributed by atoms with Crippen LogP contribution in [0, 0.1) is 6.92 Å². The van der Waals surface area contributed by atoms with Gasteiger partial charge in [0, 0.05) is 0 Å². The molecular formula is C13H16N4O2. The predicted molar refractivity (Wildman–Crippen MR) is 74.0 cm³/mol. The van der Waals surface area contributed by atoms with Crippen LogP contribution in [0.5, 0.6) is 11.8 Å². The molecule has 0 spiro atoms. The second-order valence-electron chi connectivity index (χ2n) is 3.99. The van der Waals surface area contributed by atoms with E-state index in [2.05, 4.69) is 15.3 Å². The molecule has 100 valence electrons. The fraction of sp³-hybridized carbons (Fsp3) is 0.231. The van der Waals surface area contributed by atoms with Crippen LogP contribution in [0.15, 0.2) is 24.3 Å². The van der Waals surface area contributed by atoms with Crippen molar-refractivity contribution in [2.24, 2.45) is 0 Å². The first-order chi connectivity index (χ1) is 9.12. The number of nitrogens with one attached hydrogen (secondary N) is 1. The van der Waals surface area contributed by atoms with Crippen molar-refractivity contribution in [1.29, 1.82) is 0 Å². The number of hydrogen-bond donors (Lipinski definition) is 2. The second kappa shape index (κ2) is 5.43. The minimum atomic E-state index is 0.369. The average molecular weight is 260 g/mol. The van der Waals surface area contributed by atoms with Gasteiger partial charge in [-0.2, -0.15) is 9.97 Å². The molecule has 1 aromatic carbocycles. The fourth-order valence-corrected chi connectivity index (χ4v) is 1.57. The zero-order chi connectivity index (χ0) is 13.8. The first-order valence-electron chi connectivity index (χ1n) is 5.72. The largest absolute Gasteiger partial charge is 0.481 e. The summed E-state index contributed by atoms with van der Waals surface area (Å²) in [7, 11) is 3.07. The van der Waals surface area contributed by atoms with Gasteiger partial charge in [-0.05, 0) is 24.6 Å². The third kappa shape index (κ3) is 3.04. The average Bonchev–Trinajstić information content (AvgIpc) is 2.42. The molecule has 0 unspecified atom stereocenters. The van der Waals surface area contributed by atoms with E-state index in [-0.39, 0.29) is 0 Å². The minimum Gasteiger partial charge on any atom is -0.481 e. The third-order valence-electron chi connectivity index (χ3n) is 2.55. The van der Waals surface area contributed by atoms with Crippen molar-refractivity contribution in [2.75, 3.05) is 25.3 Å². The molecule has 0 aliphatic rings. The van der Waals surface area contributed by atoms with Gasteiger partial charge >= 0.3 is 0 Å². The lowest BCUT2D eigenvalue weighted by molar-refractivity contribution is 0.373. The van der Waals surface area contributed by atoms with Gasteiger partial charge in [-0.1, -0.05) is 6.07 Å². The Morgan fingerprint density at radius 1 is 1.05 bits per heavy atom. The molecule has 2 aromatic rings. The van der Waals surface area contributed by atoms with Gasteiger partial charge in [-0.15, -0.1) is 0 Å². The Morgan fingerprint density at radius 2 is 1.68 bits per heavy atom. The van der Waals surface area contributed by atoms with Crippen LogP contribution in [-0.2, 0) is 0 Å². The van der Waals surface area contributed by atoms with Crippen LogP contribution in [0.2, 0.25) is 0 Å². The van der Waals surface area contributed by atoms with Crippen LogP contribution in [0.4, 0.5) is 17.3 Å². The summed E-state index contributed by atoms with van der Waals surface area (Å²) in [6.45, 7) is 1.98. The van der Waals surface area contributed by atoms with Gasteiger partial charge in [0.15, 0.2) is 0 Å². The van der Waals surface area contributed by atoms with Gasteiger partial charge in [-0.25, -0.2) is 0 Å². The lowest BCUT2D eigenvalue weighted by Crippen LogP contribution is -2.03. The molecule has 0 saturated heterocycles. The van der Waals surface area contributed by atoms with Crippen molar-refractivity contribution >= 4 is 17.3 Å².